The summed E-state index contributed by atoms with van der Waals surface area (Å²) in [6.07, 6.45) is 4.59. The van der Waals surface area contributed by atoms with Gasteiger partial charge >= 0.3 is 0 Å². The summed E-state index contributed by atoms with van der Waals surface area (Å²) in [5, 5.41) is 11.5. The van der Waals surface area contributed by atoms with Gasteiger partial charge in [-0.1, -0.05) is 13.8 Å². The Labute approximate surface area is 164 Å². The fourth-order valence-electron chi connectivity index (χ4n) is 2.82. The first-order chi connectivity index (χ1) is 13.1. The zero-order valence-corrected chi connectivity index (χ0v) is 16.8. The summed E-state index contributed by atoms with van der Waals surface area (Å²) in [5.41, 5.74) is 0.879. The summed E-state index contributed by atoms with van der Waals surface area (Å²) < 4.78 is 19.0. The zero-order chi connectivity index (χ0) is 19.2. The second-order valence-electron chi connectivity index (χ2n) is 6.89. The van der Waals surface area contributed by atoms with Crippen molar-refractivity contribution in [1.82, 2.24) is 14.9 Å². The highest BCUT2D eigenvalue weighted by atomic mass is 32.1. The van der Waals surface area contributed by atoms with Crippen LogP contribution < -0.4 is 9.47 Å². The maximum Gasteiger partial charge on any atom is 0.216 e. The van der Waals surface area contributed by atoms with Crippen LogP contribution in [0.2, 0.25) is 0 Å². The molecule has 1 N–H and O–H groups in total. The van der Waals surface area contributed by atoms with Gasteiger partial charge in [0.25, 0.3) is 0 Å². The van der Waals surface area contributed by atoms with Gasteiger partial charge in [0.1, 0.15) is 6.10 Å². The standard InChI is InChI=1S/C19H26N4O3S/c1-13(2)8-10-26-15-7-6-14(11-17(15)24-3)12-20-23-18(21-22-19(23)27)16-5-4-9-25-16/h6-7,11-13,16H,4-5,8-10H2,1-3H3,(H,22,27)/b20-12-/t16-/m1/s1. The highest BCUT2D eigenvalue weighted by Crippen LogP contribution is 2.29. The van der Waals surface area contributed by atoms with E-state index in [-0.39, 0.29) is 6.10 Å². The molecule has 1 saturated heterocycles. The van der Waals surface area contributed by atoms with Gasteiger partial charge in [-0.05, 0) is 61.2 Å². The first kappa shape index (κ1) is 19.6. The number of nitrogens with one attached hydrogen (secondary N) is 1. The molecule has 0 saturated carbocycles. The molecular formula is C19H26N4O3S. The molecule has 1 aliphatic heterocycles. The Morgan fingerprint density at radius 3 is 3.00 bits per heavy atom. The molecule has 1 aliphatic rings. The number of hydrogen-bond donors (Lipinski definition) is 1. The lowest BCUT2D eigenvalue weighted by atomic mass is 10.1. The highest BCUT2D eigenvalue weighted by molar-refractivity contribution is 7.71. The fraction of sp³-hybridized carbons (Fsp3) is 0.526. The van der Waals surface area contributed by atoms with Crippen LogP contribution in [0, 0.1) is 10.7 Å². The molecule has 0 aliphatic carbocycles. The maximum atomic E-state index is 5.83. The van der Waals surface area contributed by atoms with Crippen molar-refractivity contribution in [1.29, 1.82) is 0 Å². The molecule has 0 spiro atoms. The van der Waals surface area contributed by atoms with Gasteiger partial charge in [0.05, 0.1) is 19.9 Å². The normalized spacial score (nSPS) is 17.1. The lowest BCUT2D eigenvalue weighted by molar-refractivity contribution is 0.102. The number of benzene rings is 1. The largest absolute Gasteiger partial charge is 0.493 e. The minimum atomic E-state index is -0.0682. The van der Waals surface area contributed by atoms with Crippen molar-refractivity contribution in [3.05, 3.63) is 34.4 Å². The van der Waals surface area contributed by atoms with E-state index >= 15 is 0 Å². The van der Waals surface area contributed by atoms with Gasteiger partial charge in [0.15, 0.2) is 17.3 Å². The molecule has 1 aromatic heterocycles. The third-order valence-electron chi connectivity index (χ3n) is 4.36. The van der Waals surface area contributed by atoms with E-state index in [1.807, 2.05) is 18.2 Å². The number of nitrogens with zero attached hydrogens (tertiary/aromatic N) is 3. The Morgan fingerprint density at radius 1 is 1.44 bits per heavy atom. The van der Waals surface area contributed by atoms with Crippen molar-refractivity contribution in [2.24, 2.45) is 11.0 Å². The van der Waals surface area contributed by atoms with E-state index in [9.17, 15) is 0 Å². The van der Waals surface area contributed by atoms with Crippen LogP contribution in [-0.2, 0) is 4.74 Å². The first-order valence-electron chi connectivity index (χ1n) is 9.22. The molecule has 1 atom stereocenters. The Balaban J connectivity index is 1.76. The molecule has 146 valence electrons. The number of hydrogen-bond acceptors (Lipinski definition) is 6. The van der Waals surface area contributed by atoms with Crippen molar-refractivity contribution >= 4 is 18.4 Å². The molecule has 1 aromatic carbocycles. The summed E-state index contributed by atoms with van der Waals surface area (Å²) in [6.45, 7) is 5.75. The van der Waals surface area contributed by atoms with Crippen LogP contribution in [0.4, 0.5) is 0 Å². The van der Waals surface area contributed by atoms with Crippen molar-refractivity contribution in [3.8, 4) is 11.5 Å². The predicted molar refractivity (Wildman–Crippen MR) is 106 cm³/mol. The van der Waals surface area contributed by atoms with E-state index in [1.165, 1.54) is 0 Å². The highest BCUT2D eigenvalue weighted by Gasteiger charge is 2.23. The molecule has 2 heterocycles. The number of aromatic amines is 1. The number of methoxy groups -OCH3 is 1. The average molecular weight is 391 g/mol. The quantitative estimate of drug-likeness (QED) is 0.542. The third-order valence-corrected chi connectivity index (χ3v) is 4.62. The van der Waals surface area contributed by atoms with Crippen LogP contribution in [0.15, 0.2) is 23.3 Å². The summed E-state index contributed by atoms with van der Waals surface area (Å²) in [5.74, 6) is 2.71. The minimum Gasteiger partial charge on any atom is -0.493 e. The van der Waals surface area contributed by atoms with Gasteiger partial charge in [-0.25, -0.2) is 0 Å². The van der Waals surface area contributed by atoms with Gasteiger partial charge in [0, 0.05) is 6.61 Å². The van der Waals surface area contributed by atoms with Crippen LogP contribution >= 0.6 is 12.2 Å². The van der Waals surface area contributed by atoms with Crippen LogP contribution in [0.5, 0.6) is 11.5 Å². The van der Waals surface area contributed by atoms with E-state index < -0.39 is 0 Å². The van der Waals surface area contributed by atoms with Gasteiger partial charge in [-0.2, -0.15) is 14.9 Å². The second-order valence-corrected chi connectivity index (χ2v) is 7.27. The van der Waals surface area contributed by atoms with Crippen LogP contribution in [0.1, 0.15) is 50.6 Å². The van der Waals surface area contributed by atoms with Gasteiger partial charge in [0.2, 0.25) is 4.77 Å². The third kappa shape index (κ3) is 4.95. The second kappa shape index (κ2) is 9.14. The number of ether oxygens (including phenoxy) is 3. The van der Waals surface area contributed by atoms with Crippen LogP contribution in [0.25, 0.3) is 0 Å². The molecule has 1 fully saturated rings. The molecule has 2 aromatic rings. The number of aromatic nitrogens is 3. The van der Waals surface area contributed by atoms with Gasteiger partial charge in [-0.15, -0.1) is 0 Å². The Hall–Kier alpha value is -2.19. The Kier molecular flexibility index (Phi) is 6.63. The smallest absolute Gasteiger partial charge is 0.216 e. The number of H-pyrrole nitrogens is 1. The van der Waals surface area contributed by atoms with E-state index in [1.54, 1.807) is 18.0 Å². The minimum absolute atomic E-state index is 0.0682. The van der Waals surface area contributed by atoms with Gasteiger partial charge < -0.3 is 14.2 Å². The van der Waals surface area contributed by atoms with Crippen molar-refractivity contribution < 1.29 is 14.2 Å². The summed E-state index contributed by atoms with van der Waals surface area (Å²) >= 11 is 5.29. The monoisotopic (exact) mass is 390 g/mol. The molecular weight excluding hydrogens is 364 g/mol. The Morgan fingerprint density at radius 2 is 2.30 bits per heavy atom. The SMILES string of the molecule is COc1cc(/C=N\n2c([C@H]3CCCO3)n[nH]c2=S)ccc1OCCC(C)C. The molecule has 0 unspecified atom stereocenters. The fourth-order valence-corrected chi connectivity index (χ4v) is 3.00. The maximum absolute atomic E-state index is 5.83. The molecule has 7 nitrogen and oxygen atoms in total. The molecule has 0 radical (unpaired) electrons. The van der Waals surface area contributed by atoms with E-state index in [2.05, 4.69) is 29.1 Å². The molecule has 0 bridgehead atoms. The van der Waals surface area contributed by atoms with E-state index in [4.69, 9.17) is 26.4 Å². The van der Waals surface area contributed by atoms with E-state index in [0.717, 1.165) is 37.2 Å². The van der Waals surface area contributed by atoms with E-state index in [0.29, 0.717) is 28.9 Å². The van der Waals surface area contributed by atoms with Crippen molar-refractivity contribution in [2.75, 3.05) is 20.3 Å². The zero-order valence-electron chi connectivity index (χ0n) is 16.0. The molecule has 3 rings (SSSR count). The lowest BCUT2D eigenvalue weighted by Gasteiger charge is -2.12. The summed E-state index contributed by atoms with van der Waals surface area (Å²) in [6, 6.07) is 5.73. The lowest BCUT2D eigenvalue weighted by Crippen LogP contribution is -2.05. The van der Waals surface area contributed by atoms with Gasteiger partial charge in [-0.3, -0.25) is 5.10 Å². The predicted octanol–water partition coefficient (Wildman–Crippen LogP) is 4.11. The molecule has 8 heteroatoms. The number of rotatable bonds is 8. The average Bonchev–Trinajstić information content (AvgIpc) is 3.30. The van der Waals surface area contributed by atoms with Crippen LogP contribution in [0.3, 0.4) is 0 Å². The summed E-state index contributed by atoms with van der Waals surface area (Å²) in [7, 11) is 1.63. The summed E-state index contributed by atoms with van der Waals surface area (Å²) in [4.78, 5) is 0. The van der Waals surface area contributed by atoms with Crippen LogP contribution in [-0.4, -0.2) is 41.4 Å². The van der Waals surface area contributed by atoms with Crippen molar-refractivity contribution in [2.45, 2.75) is 39.2 Å². The topological polar surface area (TPSA) is 73.7 Å². The first-order valence-corrected chi connectivity index (χ1v) is 9.63. The Bertz CT molecular complexity index is 838. The molecule has 27 heavy (non-hydrogen) atoms. The van der Waals surface area contributed by atoms with Crippen molar-refractivity contribution in [3.63, 3.8) is 0 Å². The molecule has 0 amide bonds.